The standard InChI is InChI=1S/C20H21N5O5/c26-19(21-5-6-24-7-9-30-10-8-24)13-1-3-17(22-12-13)18-15-11-14(25(28)29)2-4-16(15)23-20(18)27/h1-4,11-12,23,27H,5-10H2,(H,21,26). The number of nitrogens with one attached hydrogen (secondary N) is 2. The Morgan fingerprint density at radius 2 is 2.10 bits per heavy atom. The summed E-state index contributed by atoms with van der Waals surface area (Å²) in [5.41, 5.74) is 1.63. The van der Waals surface area contributed by atoms with Gasteiger partial charge in [0.15, 0.2) is 5.88 Å². The molecule has 3 heterocycles. The maximum Gasteiger partial charge on any atom is 0.270 e. The second-order valence-corrected chi connectivity index (χ2v) is 6.98. The number of benzene rings is 1. The number of nitrogens with zero attached hydrogens (tertiary/aromatic N) is 3. The number of morpholine rings is 1. The molecule has 30 heavy (non-hydrogen) atoms. The number of aromatic hydroxyl groups is 1. The predicted octanol–water partition coefficient (Wildman–Crippen LogP) is 1.91. The number of carbonyl (C=O) groups is 1. The van der Waals surface area contributed by atoms with Gasteiger partial charge in [-0.25, -0.2) is 0 Å². The Bertz CT molecular complexity index is 1070. The minimum atomic E-state index is -0.495. The lowest BCUT2D eigenvalue weighted by molar-refractivity contribution is -0.384. The van der Waals surface area contributed by atoms with Crippen LogP contribution < -0.4 is 5.32 Å². The minimum Gasteiger partial charge on any atom is -0.494 e. The SMILES string of the molecule is O=C(NCCN1CCOCC1)c1ccc(-c2c(O)[nH]c3ccc([N+](=O)[O-])cc23)nc1. The number of ether oxygens (including phenoxy) is 1. The fraction of sp³-hybridized carbons (Fsp3) is 0.300. The largest absolute Gasteiger partial charge is 0.494 e. The Balaban J connectivity index is 1.48. The van der Waals surface area contributed by atoms with Crippen LogP contribution in [-0.4, -0.2) is 70.2 Å². The maximum atomic E-state index is 12.4. The number of aromatic amines is 1. The van der Waals surface area contributed by atoms with Crippen LogP contribution in [0.4, 0.5) is 5.69 Å². The molecule has 0 atom stereocenters. The van der Waals surface area contributed by atoms with Crippen molar-refractivity contribution in [3.63, 3.8) is 0 Å². The van der Waals surface area contributed by atoms with Gasteiger partial charge in [0.25, 0.3) is 11.6 Å². The predicted molar refractivity (Wildman–Crippen MR) is 109 cm³/mol. The molecule has 3 aromatic rings. The first-order valence-electron chi connectivity index (χ1n) is 9.57. The van der Waals surface area contributed by atoms with E-state index in [4.69, 9.17) is 4.74 Å². The highest BCUT2D eigenvalue weighted by Crippen LogP contribution is 2.37. The second kappa shape index (κ2) is 8.47. The summed E-state index contributed by atoms with van der Waals surface area (Å²) in [5.74, 6) is -0.373. The number of pyridine rings is 1. The van der Waals surface area contributed by atoms with E-state index in [2.05, 4.69) is 20.2 Å². The molecule has 10 nitrogen and oxygen atoms in total. The van der Waals surface area contributed by atoms with Gasteiger partial charge in [0.1, 0.15) is 0 Å². The number of H-pyrrole nitrogens is 1. The Morgan fingerprint density at radius 3 is 2.80 bits per heavy atom. The van der Waals surface area contributed by atoms with Gasteiger partial charge >= 0.3 is 0 Å². The molecule has 0 spiro atoms. The zero-order chi connectivity index (χ0) is 21.1. The van der Waals surface area contributed by atoms with Crippen LogP contribution in [0.1, 0.15) is 10.4 Å². The van der Waals surface area contributed by atoms with Crippen LogP contribution in [0.2, 0.25) is 0 Å². The van der Waals surface area contributed by atoms with Crippen molar-refractivity contribution in [2.24, 2.45) is 0 Å². The summed E-state index contributed by atoms with van der Waals surface area (Å²) < 4.78 is 5.30. The molecular weight excluding hydrogens is 390 g/mol. The number of aromatic nitrogens is 2. The highest BCUT2D eigenvalue weighted by molar-refractivity contribution is 6.00. The molecule has 1 aliphatic rings. The van der Waals surface area contributed by atoms with Gasteiger partial charge in [-0.05, 0) is 18.2 Å². The zero-order valence-electron chi connectivity index (χ0n) is 16.1. The van der Waals surface area contributed by atoms with Gasteiger partial charge in [0, 0.05) is 55.4 Å². The van der Waals surface area contributed by atoms with Crippen molar-refractivity contribution in [2.75, 3.05) is 39.4 Å². The third kappa shape index (κ3) is 4.09. The average Bonchev–Trinajstić information content (AvgIpc) is 3.09. The lowest BCUT2D eigenvalue weighted by atomic mass is 10.1. The molecule has 1 aromatic carbocycles. The van der Waals surface area contributed by atoms with Gasteiger partial charge in [-0.1, -0.05) is 0 Å². The van der Waals surface area contributed by atoms with Crippen molar-refractivity contribution in [3.8, 4) is 17.1 Å². The van der Waals surface area contributed by atoms with Crippen molar-refractivity contribution in [2.45, 2.75) is 0 Å². The van der Waals surface area contributed by atoms with E-state index in [9.17, 15) is 20.0 Å². The number of hydrogen-bond donors (Lipinski definition) is 3. The summed E-state index contributed by atoms with van der Waals surface area (Å²) >= 11 is 0. The molecule has 1 amide bonds. The average molecular weight is 411 g/mol. The van der Waals surface area contributed by atoms with Crippen molar-refractivity contribution in [3.05, 3.63) is 52.2 Å². The minimum absolute atomic E-state index is 0.0842. The summed E-state index contributed by atoms with van der Waals surface area (Å²) in [6.07, 6.45) is 1.43. The van der Waals surface area contributed by atoms with E-state index in [-0.39, 0.29) is 17.5 Å². The number of nitro benzene ring substituents is 1. The molecule has 0 radical (unpaired) electrons. The number of amides is 1. The number of fused-ring (bicyclic) bond motifs is 1. The number of hydrogen-bond acceptors (Lipinski definition) is 7. The van der Waals surface area contributed by atoms with E-state index in [0.29, 0.717) is 47.5 Å². The van der Waals surface area contributed by atoms with E-state index < -0.39 is 4.92 Å². The summed E-state index contributed by atoms with van der Waals surface area (Å²) in [7, 11) is 0. The van der Waals surface area contributed by atoms with Crippen LogP contribution in [0.5, 0.6) is 5.88 Å². The quantitative estimate of drug-likeness (QED) is 0.417. The Hall–Kier alpha value is -3.50. The van der Waals surface area contributed by atoms with Crippen LogP contribution >= 0.6 is 0 Å². The third-order valence-corrected chi connectivity index (χ3v) is 5.07. The Labute approximate surface area is 171 Å². The smallest absolute Gasteiger partial charge is 0.270 e. The molecule has 156 valence electrons. The molecule has 1 fully saturated rings. The monoisotopic (exact) mass is 411 g/mol. The van der Waals surface area contributed by atoms with Gasteiger partial charge in [0.05, 0.1) is 35.0 Å². The van der Waals surface area contributed by atoms with Crippen LogP contribution in [-0.2, 0) is 4.74 Å². The van der Waals surface area contributed by atoms with E-state index in [0.717, 1.165) is 19.6 Å². The molecular formula is C20H21N5O5. The first-order chi connectivity index (χ1) is 14.5. The Kier molecular flexibility index (Phi) is 5.59. The zero-order valence-corrected chi connectivity index (χ0v) is 16.1. The molecule has 0 saturated carbocycles. The fourth-order valence-electron chi connectivity index (χ4n) is 3.47. The third-order valence-electron chi connectivity index (χ3n) is 5.07. The normalized spacial score (nSPS) is 14.7. The molecule has 0 unspecified atom stereocenters. The highest BCUT2D eigenvalue weighted by Gasteiger charge is 2.18. The number of non-ortho nitro benzene ring substituents is 1. The highest BCUT2D eigenvalue weighted by atomic mass is 16.6. The van der Waals surface area contributed by atoms with Gasteiger partial charge in [-0.15, -0.1) is 0 Å². The molecule has 4 rings (SSSR count). The number of rotatable bonds is 6. The van der Waals surface area contributed by atoms with Crippen LogP contribution in [0.3, 0.4) is 0 Å². The maximum absolute atomic E-state index is 12.4. The van der Waals surface area contributed by atoms with Crippen molar-refractivity contribution in [1.82, 2.24) is 20.2 Å². The van der Waals surface area contributed by atoms with Crippen molar-refractivity contribution in [1.29, 1.82) is 0 Å². The van der Waals surface area contributed by atoms with E-state index in [1.807, 2.05) is 0 Å². The molecule has 2 aromatic heterocycles. The molecule has 0 aliphatic carbocycles. The van der Waals surface area contributed by atoms with Crippen molar-refractivity contribution >= 4 is 22.5 Å². The first-order valence-corrected chi connectivity index (χ1v) is 9.57. The molecule has 10 heteroatoms. The Morgan fingerprint density at radius 1 is 1.30 bits per heavy atom. The summed E-state index contributed by atoms with van der Waals surface area (Å²) in [4.78, 5) is 32.2. The summed E-state index contributed by atoms with van der Waals surface area (Å²) in [6.45, 7) is 4.42. The van der Waals surface area contributed by atoms with E-state index in [1.54, 1.807) is 12.1 Å². The molecule has 0 bridgehead atoms. The summed E-state index contributed by atoms with van der Waals surface area (Å²) in [6, 6.07) is 7.50. The number of nitro groups is 1. The second-order valence-electron chi connectivity index (χ2n) is 6.98. The van der Waals surface area contributed by atoms with E-state index >= 15 is 0 Å². The van der Waals surface area contributed by atoms with Gasteiger partial charge in [0.2, 0.25) is 0 Å². The molecule has 3 N–H and O–H groups in total. The first kappa shape index (κ1) is 19.8. The fourth-order valence-corrected chi connectivity index (χ4v) is 3.47. The lowest BCUT2D eigenvalue weighted by Gasteiger charge is -2.26. The molecule has 1 aliphatic heterocycles. The number of carbonyl (C=O) groups excluding carboxylic acids is 1. The van der Waals surface area contributed by atoms with Crippen LogP contribution in [0.25, 0.3) is 22.2 Å². The van der Waals surface area contributed by atoms with Crippen molar-refractivity contribution < 1.29 is 19.6 Å². The van der Waals surface area contributed by atoms with E-state index in [1.165, 1.54) is 24.4 Å². The van der Waals surface area contributed by atoms with Gasteiger partial charge < -0.3 is 20.1 Å². The topological polar surface area (TPSA) is 134 Å². The van der Waals surface area contributed by atoms with Crippen LogP contribution in [0, 0.1) is 10.1 Å². The summed E-state index contributed by atoms with van der Waals surface area (Å²) in [5, 5.41) is 24.7. The van der Waals surface area contributed by atoms with Gasteiger partial charge in [-0.2, -0.15) is 0 Å². The van der Waals surface area contributed by atoms with Gasteiger partial charge in [-0.3, -0.25) is 24.8 Å². The lowest BCUT2D eigenvalue weighted by Crippen LogP contribution is -2.41. The molecule has 1 saturated heterocycles. The van der Waals surface area contributed by atoms with Crippen LogP contribution in [0.15, 0.2) is 36.5 Å².